The van der Waals surface area contributed by atoms with Gasteiger partial charge in [-0.3, -0.25) is 4.79 Å². The molecular weight excluding hydrogens is 258 g/mol. The Kier molecular flexibility index (Phi) is 3.87. The summed E-state index contributed by atoms with van der Waals surface area (Å²) < 4.78 is 0. The molecule has 2 heteroatoms. The molecule has 1 N–H and O–H groups in total. The van der Waals surface area contributed by atoms with Crippen LogP contribution in [0.2, 0.25) is 0 Å². The van der Waals surface area contributed by atoms with E-state index in [1.807, 2.05) is 37.3 Å². The van der Waals surface area contributed by atoms with Crippen molar-refractivity contribution in [3.05, 3.63) is 81.6 Å². The Morgan fingerprint density at radius 1 is 0.905 bits per heavy atom. The van der Waals surface area contributed by atoms with Crippen LogP contribution in [0.25, 0.3) is 10.9 Å². The molecule has 3 aromatic rings. The molecule has 0 spiro atoms. The first-order valence-corrected chi connectivity index (χ1v) is 7.40. The predicted molar refractivity (Wildman–Crippen MR) is 87.8 cm³/mol. The lowest BCUT2D eigenvalue weighted by Crippen LogP contribution is -2.11. The summed E-state index contributed by atoms with van der Waals surface area (Å²) in [5, 5.41) is 0.779. The minimum Gasteiger partial charge on any atom is -0.358 e. The molecule has 0 fully saturated rings. The van der Waals surface area contributed by atoms with Crippen molar-refractivity contribution in [2.75, 3.05) is 0 Å². The Hall–Kier alpha value is -2.35. The average molecular weight is 277 g/mol. The van der Waals surface area contributed by atoms with Gasteiger partial charge in [0.15, 0.2) is 5.43 Å². The number of aromatic nitrogens is 1. The van der Waals surface area contributed by atoms with E-state index in [4.69, 9.17) is 0 Å². The van der Waals surface area contributed by atoms with Gasteiger partial charge in [0.05, 0.1) is 0 Å². The summed E-state index contributed by atoms with van der Waals surface area (Å²) in [5.41, 5.74) is 4.34. The summed E-state index contributed by atoms with van der Waals surface area (Å²) in [4.78, 5) is 15.8. The van der Waals surface area contributed by atoms with E-state index in [2.05, 4.69) is 29.2 Å². The standard InChI is InChI=1S/C19H19NO/c1-14-17(13-7-10-15-8-3-2-4-9-15)20-18-12-6-5-11-16(18)19(14)21/h2-6,8-9,11-12H,7,10,13H2,1H3,(H,20,21). The molecule has 0 amide bonds. The van der Waals surface area contributed by atoms with Crippen molar-refractivity contribution >= 4 is 10.9 Å². The number of benzene rings is 2. The lowest BCUT2D eigenvalue weighted by molar-refractivity contribution is 0.796. The van der Waals surface area contributed by atoms with Gasteiger partial charge in [-0.1, -0.05) is 42.5 Å². The molecule has 0 radical (unpaired) electrons. The smallest absolute Gasteiger partial charge is 0.192 e. The number of H-pyrrole nitrogens is 1. The fourth-order valence-corrected chi connectivity index (χ4v) is 2.75. The third-order valence-corrected chi connectivity index (χ3v) is 3.99. The minimum absolute atomic E-state index is 0.152. The molecule has 0 saturated heterocycles. The van der Waals surface area contributed by atoms with Crippen LogP contribution < -0.4 is 5.43 Å². The van der Waals surface area contributed by atoms with Crippen LogP contribution in [0, 0.1) is 6.92 Å². The molecule has 21 heavy (non-hydrogen) atoms. The van der Waals surface area contributed by atoms with Crippen LogP contribution in [0.1, 0.15) is 23.2 Å². The Morgan fingerprint density at radius 3 is 2.43 bits per heavy atom. The van der Waals surface area contributed by atoms with Gasteiger partial charge in [-0.25, -0.2) is 0 Å². The highest BCUT2D eigenvalue weighted by Gasteiger charge is 2.07. The third kappa shape index (κ3) is 2.89. The van der Waals surface area contributed by atoms with E-state index in [1.54, 1.807) is 0 Å². The van der Waals surface area contributed by atoms with E-state index in [0.717, 1.165) is 41.4 Å². The van der Waals surface area contributed by atoms with Crippen LogP contribution in [-0.2, 0) is 12.8 Å². The van der Waals surface area contributed by atoms with Crippen molar-refractivity contribution in [3.63, 3.8) is 0 Å². The quantitative estimate of drug-likeness (QED) is 0.768. The number of fused-ring (bicyclic) bond motifs is 1. The second-order valence-electron chi connectivity index (χ2n) is 5.44. The highest BCUT2D eigenvalue weighted by Crippen LogP contribution is 2.13. The van der Waals surface area contributed by atoms with Gasteiger partial charge in [0.2, 0.25) is 0 Å². The van der Waals surface area contributed by atoms with Crippen LogP contribution in [0.3, 0.4) is 0 Å². The van der Waals surface area contributed by atoms with Crippen molar-refractivity contribution in [1.29, 1.82) is 0 Å². The molecule has 0 aliphatic carbocycles. The second-order valence-corrected chi connectivity index (χ2v) is 5.44. The largest absolute Gasteiger partial charge is 0.358 e. The number of rotatable bonds is 4. The van der Waals surface area contributed by atoms with E-state index >= 15 is 0 Å². The Bertz CT molecular complexity index is 803. The molecule has 1 aromatic heterocycles. The number of aryl methyl sites for hydroxylation is 2. The molecule has 0 unspecified atom stereocenters. The van der Waals surface area contributed by atoms with Crippen LogP contribution >= 0.6 is 0 Å². The van der Waals surface area contributed by atoms with Gasteiger partial charge in [-0.05, 0) is 43.9 Å². The molecule has 2 aromatic carbocycles. The Balaban J connectivity index is 1.81. The normalized spacial score (nSPS) is 10.9. The van der Waals surface area contributed by atoms with Crippen molar-refractivity contribution in [3.8, 4) is 0 Å². The van der Waals surface area contributed by atoms with E-state index < -0.39 is 0 Å². The third-order valence-electron chi connectivity index (χ3n) is 3.99. The zero-order valence-corrected chi connectivity index (χ0v) is 12.2. The van der Waals surface area contributed by atoms with Crippen molar-refractivity contribution in [2.45, 2.75) is 26.2 Å². The lowest BCUT2D eigenvalue weighted by Gasteiger charge is -2.08. The van der Waals surface area contributed by atoms with E-state index in [-0.39, 0.29) is 5.43 Å². The van der Waals surface area contributed by atoms with Gasteiger partial charge in [0.1, 0.15) is 0 Å². The van der Waals surface area contributed by atoms with Crippen LogP contribution in [-0.4, -0.2) is 4.98 Å². The molecule has 0 aliphatic heterocycles. The zero-order valence-electron chi connectivity index (χ0n) is 12.2. The molecule has 0 saturated carbocycles. The second kappa shape index (κ2) is 5.96. The first-order chi connectivity index (χ1) is 10.3. The fourth-order valence-electron chi connectivity index (χ4n) is 2.75. The molecule has 2 nitrogen and oxygen atoms in total. The first-order valence-electron chi connectivity index (χ1n) is 7.40. The number of hydrogen-bond acceptors (Lipinski definition) is 1. The highest BCUT2D eigenvalue weighted by atomic mass is 16.1. The van der Waals surface area contributed by atoms with Crippen molar-refractivity contribution in [1.82, 2.24) is 4.98 Å². The van der Waals surface area contributed by atoms with Gasteiger partial charge in [-0.2, -0.15) is 0 Å². The van der Waals surface area contributed by atoms with Crippen LogP contribution in [0.4, 0.5) is 0 Å². The number of nitrogens with one attached hydrogen (secondary N) is 1. The molecular formula is C19H19NO. The predicted octanol–water partition coefficient (Wildman–Crippen LogP) is 4.01. The van der Waals surface area contributed by atoms with E-state index in [9.17, 15) is 4.79 Å². The van der Waals surface area contributed by atoms with E-state index in [0.29, 0.717) is 0 Å². The SMILES string of the molecule is Cc1c(CCCc2ccccc2)[nH]c2ccccc2c1=O. The fraction of sp³-hybridized carbons (Fsp3) is 0.211. The topological polar surface area (TPSA) is 32.9 Å². The van der Waals surface area contributed by atoms with Crippen LogP contribution in [0.15, 0.2) is 59.4 Å². The molecule has 0 bridgehead atoms. The summed E-state index contributed by atoms with van der Waals surface area (Å²) in [6, 6.07) is 18.2. The zero-order chi connectivity index (χ0) is 14.7. The Labute approximate surface area is 124 Å². The first kappa shape index (κ1) is 13.6. The molecule has 3 rings (SSSR count). The summed E-state index contributed by atoms with van der Waals surface area (Å²) in [7, 11) is 0. The molecule has 0 atom stereocenters. The van der Waals surface area contributed by atoms with Gasteiger partial charge < -0.3 is 4.98 Å². The monoisotopic (exact) mass is 277 g/mol. The lowest BCUT2D eigenvalue weighted by atomic mass is 10.0. The van der Waals surface area contributed by atoms with Crippen molar-refractivity contribution in [2.24, 2.45) is 0 Å². The average Bonchev–Trinajstić information content (AvgIpc) is 2.53. The van der Waals surface area contributed by atoms with Crippen molar-refractivity contribution < 1.29 is 0 Å². The molecule has 106 valence electrons. The molecule has 1 heterocycles. The number of hydrogen-bond donors (Lipinski definition) is 1. The summed E-state index contributed by atoms with van der Waals surface area (Å²) >= 11 is 0. The molecule has 0 aliphatic rings. The van der Waals surface area contributed by atoms with Gasteiger partial charge in [-0.15, -0.1) is 0 Å². The maximum atomic E-state index is 12.4. The number of para-hydroxylation sites is 1. The highest BCUT2D eigenvalue weighted by molar-refractivity contribution is 5.79. The Morgan fingerprint density at radius 2 is 1.62 bits per heavy atom. The number of aromatic amines is 1. The van der Waals surface area contributed by atoms with E-state index in [1.165, 1.54) is 5.56 Å². The van der Waals surface area contributed by atoms with Gasteiger partial charge in [0.25, 0.3) is 0 Å². The van der Waals surface area contributed by atoms with Gasteiger partial charge >= 0.3 is 0 Å². The maximum absolute atomic E-state index is 12.4. The number of pyridine rings is 1. The van der Waals surface area contributed by atoms with Gasteiger partial charge in [0, 0.05) is 22.2 Å². The maximum Gasteiger partial charge on any atom is 0.192 e. The summed E-state index contributed by atoms with van der Waals surface area (Å²) in [6.45, 7) is 1.92. The minimum atomic E-state index is 0.152. The summed E-state index contributed by atoms with van der Waals surface area (Å²) in [5.74, 6) is 0. The summed E-state index contributed by atoms with van der Waals surface area (Å²) in [6.07, 6.45) is 2.98. The van der Waals surface area contributed by atoms with Crippen LogP contribution in [0.5, 0.6) is 0 Å².